The molecule has 1 aromatic rings. The second-order valence-electron chi connectivity index (χ2n) is 7.02. The van der Waals surface area contributed by atoms with E-state index in [4.69, 9.17) is 0 Å². The van der Waals surface area contributed by atoms with Gasteiger partial charge in [0.1, 0.15) is 5.66 Å². The maximum absolute atomic E-state index is 13.0. The van der Waals surface area contributed by atoms with E-state index in [1.165, 1.54) is 38.0 Å². The Hall–Kier alpha value is -0.880. The molecule has 1 heterocycles. The number of amides is 1. The molecule has 2 nitrogen and oxygen atoms in total. The van der Waals surface area contributed by atoms with Gasteiger partial charge in [0.25, 0.3) is 5.91 Å². The van der Waals surface area contributed by atoms with Crippen LogP contribution in [0.15, 0.2) is 18.2 Å². The minimum Gasteiger partial charge on any atom is -0.322 e. The zero-order chi connectivity index (χ0) is 16.2. The average Bonchev–Trinajstić information content (AvgIpc) is 2.69. The fourth-order valence-corrected chi connectivity index (χ4v) is 8.10. The number of anilines is 1. The molecule has 1 unspecified atom stereocenters. The first-order valence-electron chi connectivity index (χ1n) is 8.69. The van der Waals surface area contributed by atoms with Crippen LogP contribution in [0.3, 0.4) is 0 Å². The lowest BCUT2D eigenvalue weighted by Crippen LogP contribution is -2.32. The molecular formula is C19H31NOP+. The lowest BCUT2D eigenvalue weighted by Gasteiger charge is -2.29. The molecule has 1 fully saturated rings. The maximum Gasteiger partial charge on any atom is 0.265 e. The number of benzene rings is 1. The van der Waals surface area contributed by atoms with E-state index >= 15 is 0 Å². The molecule has 0 saturated carbocycles. The highest BCUT2D eigenvalue weighted by atomic mass is 31.2. The van der Waals surface area contributed by atoms with E-state index in [9.17, 15) is 4.79 Å². The van der Waals surface area contributed by atoms with Crippen LogP contribution in [0.25, 0.3) is 0 Å². The smallest absolute Gasteiger partial charge is 0.265 e. The fraction of sp³-hybridized carbons (Fsp3) is 0.632. The second-order valence-corrected chi connectivity index (χ2v) is 11.5. The third kappa shape index (κ3) is 3.90. The van der Waals surface area contributed by atoms with Crippen LogP contribution >= 0.6 is 7.26 Å². The summed E-state index contributed by atoms with van der Waals surface area (Å²) in [4.78, 5) is 13.0. The summed E-state index contributed by atoms with van der Waals surface area (Å²) in [7, 11) is -1.15. The van der Waals surface area contributed by atoms with Crippen LogP contribution in [0.1, 0.15) is 50.2 Å². The van der Waals surface area contributed by atoms with Gasteiger partial charge in [-0.1, -0.05) is 25.1 Å². The molecule has 0 spiro atoms. The number of nitrogens with one attached hydrogen (secondary N) is 1. The summed E-state index contributed by atoms with van der Waals surface area (Å²) in [5.74, 6) is 0.262. The van der Waals surface area contributed by atoms with Gasteiger partial charge in [-0.05, 0) is 57.1 Å². The van der Waals surface area contributed by atoms with E-state index in [0.29, 0.717) is 0 Å². The van der Waals surface area contributed by atoms with Crippen LogP contribution in [0.4, 0.5) is 5.69 Å². The first-order chi connectivity index (χ1) is 10.5. The Morgan fingerprint density at radius 3 is 2.18 bits per heavy atom. The quantitative estimate of drug-likeness (QED) is 0.755. The van der Waals surface area contributed by atoms with Gasteiger partial charge in [-0.3, -0.25) is 4.79 Å². The number of hydrogen-bond donors (Lipinski definition) is 1. The standard InChI is InChI=1S/C19H30NOP/c1-5-17(22(4)13-8-6-7-9-14-22)19(21)20-18-15(2)11-10-12-16(18)3/h10-12,17H,5-9,13-14H2,1-4H3/p+1. The molecule has 122 valence electrons. The minimum absolute atomic E-state index is 0.226. The first kappa shape index (κ1) is 17.5. The number of rotatable bonds is 4. The van der Waals surface area contributed by atoms with Crippen molar-refractivity contribution in [2.24, 2.45) is 0 Å². The molecule has 3 heteroatoms. The summed E-state index contributed by atoms with van der Waals surface area (Å²) < 4.78 is 0. The zero-order valence-corrected chi connectivity index (χ0v) is 15.5. The topological polar surface area (TPSA) is 29.1 Å². The predicted molar refractivity (Wildman–Crippen MR) is 99.7 cm³/mol. The summed E-state index contributed by atoms with van der Waals surface area (Å²) in [5.41, 5.74) is 3.57. The Kier molecular flexibility index (Phi) is 6.03. The molecule has 1 atom stereocenters. The van der Waals surface area contributed by atoms with Crippen molar-refractivity contribution in [3.05, 3.63) is 29.3 Å². The van der Waals surface area contributed by atoms with Crippen molar-refractivity contribution in [1.29, 1.82) is 0 Å². The molecule has 0 aliphatic carbocycles. The normalized spacial score (nSPS) is 19.3. The summed E-state index contributed by atoms with van der Waals surface area (Å²) in [6.45, 7) is 8.78. The van der Waals surface area contributed by atoms with E-state index in [2.05, 4.69) is 51.0 Å². The van der Waals surface area contributed by atoms with E-state index in [1.807, 2.05) is 0 Å². The first-order valence-corrected chi connectivity index (χ1v) is 11.4. The third-order valence-corrected chi connectivity index (χ3v) is 10.0. The zero-order valence-electron chi connectivity index (χ0n) is 14.6. The van der Waals surface area contributed by atoms with E-state index in [-0.39, 0.29) is 11.6 Å². The fourth-order valence-electron chi connectivity index (χ4n) is 3.85. The van der Waals surface area contributed by atoms with Gasteiger partial charge >= 0.3 is 0 Å². The Balaban J connectivity index is 2.18. The van der Waals surface area contributed by atoms with Gasteiger partial charge in [-0.25, -0.2) is 0 Å². The summed E-state index contributed by atoms with van der Waals surface area (Å²) in [5, 5.41) is 3.26. The molecule has 0 aromatic heterocycles. The van der Waals surface area contributed by atoms with Crippen molar-refractivity contribution in [3.63, 3.8) is 0 Å². The molecule has 1 N–H and O–H groups in total. The molecule has 2 rings (SSSR count). The molecule has 22 heavy (non-hydrogen) atoms. The van der Waals surface area contributed by atoms with Gasteiger partial charge in [-0.2, -0.15) is 0 Å². The lowest BCUT2D eigenvalue weighted by molar-refractivity contribution is -0.115. The lowest BCUT2D eigenvalue weighted by atomic mass is 10.1. The number of carbonyl (C=O) groups is 1. The Labute approximate surface area is 136 Å². The van der Waals surface area contributed by atoms with Gasteiger partial charge in [0.15, 0.2) is 0 Å². The monoisotopic (exact) mass is 320 g/mol. The molecule has 1 saturated heterocycles. The highest BCUT2D eigenvalue weighted by molar-refractivity contribution is 7.76. The largest absolute Gasteiger partial charge is 0.322 e. The van der Waals surface area contributed by atoms with E-state index in [1.54, 1.807) is 0 Å². The summed E-state index contributed by atoms with van der Waals surface area (Å²) in [6.07, 6.45) is 8.91. The Morgan fingerprint density at radius 2 is 1.68 bits per heavy atom. The third-order valence-electron chi connectivity index (χ3n) is 5.26. The molecule has 0 bridgehead atoms. The van der Waals surface area contributed by atoms with Gasteiger partial charge in [-0.15, -0.1) is 0 Å². The minimum atomic E-state index is -1.15. The van der Waals surface area contributed by atoms with Crippen LogP contribution in [0.2, 0.25) is 0 Å². The van der Waals surface area contributed by atoms with Crippen LogP contribution < -0.4 is 5.32 Å². The Morgan fingerprint density at radius 1 is 1.14 bits per heavy atom. The van der Waals surface area contributed by atoms with Crippen molar-refractivity contribution in [2.45, 2.75) is 58.5 Å². The van der Waals surface area contributed by atoms with Crippen LogP contribution in [-0.2, 0) is 4.79 Å². The SMILES string of the molecule is CCC(C(=O)Nc1c(C)cccc1C)[P+]1(C)CCCCCC1. The van der Waals surface area contributed by atoms with Crippen LogP contribution in [0, 0.1) is 13.8 Å². The highest BCUT2D eigenvalue weighted by Gasteiger charge is 2.44. The van der Waals surface area contributed by atoms with Gasteiger partial charge in [0, 0.05) is 19.6 Å². The van der Waals surface area contributed by atoms with Crippen molar-refractivity contribution in [2.75, 3.05) is 24.3 Å². The number of aryl methyl sites for hydroxylation is 2. The number of carbonyl (C=O) groups excluding carboxylic acids is 1. The predicted octanol–water partition coefficient (Wildman–Crippen LogP) is 5.24. The molecule has 1 amide bonds. The second kappa shape index (κ2) is 7.59. The maximum atomic E-state index is 13.0. The summed E-state index contributed by atoms with van der Waals surface area (Å²) >= 11 is 0. The van der Waals surface area contributed by atoms with Crippen molar-refractivity contribution < 1.29 is 4.79 Å². The van der Waals surface area contributed by atoms with Crippen LogP contribution in [-0.4, -0.2) is 30.6 Å². The number of hydrogen-bond acceptors (Lipinski definition) is 1. The molecular weight excluding hydrogens is 289 g/mol. The van der Waals surface area contributed by atoms with Crippen molar-refractivity contribution in [1.82, 2.24) is 0 Å². The molecule has 1 aromatic carbocycles. The van der Waals surface area contributed by atoms with Gasteiger partial charge in [0.05, 0.1) is 12.3 Å². The van der Waals surface area contributed by atoms with Crippen molar-refractivity contribution in [3.8, 4) is 0 Å². The van der Waals surface area contributed by atoms with Gasteiger partial charge in [0.2, 0.25) is 0 Å². The summed E-state index contributed by atoms with van der Waals surface area (Å²) in [6, 6.07) is 6.20. The van der Waals surface area contributed by atoms with Gasteiger partial charge < -0.3 is 5.32 Å². The van der Waals surface area contributed by atoms with Crippen molar-refractivity contribution >= 4 is 18.9 Å². The molecule has 1 aliphatic heterocycles. The highest BCUT2D eigenvalue weighted by Crippen LogP contribution is 2.63. The van der Waals surface area contributed by atoms with E-state index < -0.39 is 7.26 Å². The van der Waals surface area contributed by atoms with Crippen LogP contribution in [0.5, 0.6) is 0 Å². The Bertz CT molecular complexity index is 498. The molecule has 0 radical (unpaired) electrons. The molecule has 1 aliphatic rings. The van der Waals surface area contributed by atoms with E-state index in [0.717, 1.165) is 23.2 Å². The number of para-hydroxylation sites is 1. The average molecular weight is 320 g/mol.